The third-order valence-corrected chi connectivity index (χ3v) is 4.01. The summed E-state index contributed by atoms with van der Waals surface area (Å²) in [6.45, 7) is 6.74. The second kappa shape index (κ2) is 6.53. The molecule has 3 atom stereocenters. The predicted molar refractivity (Wildman–Crippen MR) is 71.5 cm³/mol. The van der Waals surface area contributed by atoms with E-state index >= 15 is 0 Å². The van der Waals surface area contributed by atoms with Crippen LogP contribution in [-0.4, -0.2) is 48.7 Å². The van der Waals surface area contributed by atoms with Gasteiger partial charge in [0.05, 0.1) is 18.2 Å². The van der Waals surface area contributed by atoms with Gasteiger partial charge in [-0.15, -0.1) is 0 Å². The predicted octanol–water partition coefficient (Wildman–Crippen LogP) is 1.54. The van der Waals surface area contributed by atoms with Gasteiger partial charge in [-0.05, 0) is 46.0 Å². The second-order valence-corrected chi connectivity index (χ2v) is 5.66. The Morgan fingerprint density at radius 1 is 1.33 bits per heavy atom. The van der Waals surface area contributed by atoms with Crippen molar-refractivity contribution < 1.29 is 9.53 Å². The summed E-state index contributed by atoms with van der Waals surface area (Å²) in [6.07, 6.45) is 6.49. The summed E-state index contributed by atoms with van der Waals surface area (Å²) in [4.78, 5) is 14.2. The molecule has 0 saturated carbocycles. The molecule has 4 heteroatoms. The number of amides is 1. The Kier molecular flexibility index (Phi) is 5.01. The van der Waals surface area contributed by atoms with Gasteiger partial charge in [0.1, 0.15) is 0 Å². The molecule has 2 aliphatic heterocycles. The maximum Gasteiger partial charge on any atom is 0.239 e. The SMILES string of the molecule is CC1CCC(CNC(C)C(=O)N2CCCCC2)O1. The highest BCUT2D eigenvalue weighted by Gasteiger charge is 2.25. The molecule has 104 valence electrons. The number of carbonyl (C=O) groups excluding carboxylic acids is 1. The van der Waals surface area contributed by atoms with Crippen molar-refractivity contribution in [2.45, 2.75) is 64.2 Å². The molecule has 2 saturated heterocycles. The van der Waals surface area contributed by atoms with Gasteiger partial charge in [-0.1, -0.05) is 0 Å². The average molecular weight is 254 g/mol. The molecule has 4 nitrogen and oxygen atoms in total. The number of carbonyl (C=O) groups is 1. The number of likely N-dealkylation sites (tertiary alicyclic amines) is 1. The fourth-order valence-corrected chi connectivity index (χ4v) is 2.82. The summed E-state index contributed by atoms with van der Waals surface area (Å²) in [7, 11) is 0. The number of hydrogen-bond acceptors (Lipinski definition) is 3. The van der Waals surface area contributed by atoms with Crippen LogP contribution in [0.4, 0.5) is 0 Å². The Bertz CT molecular complexity index is 277. The van der Waals surface area contributed by atoms with E-state index in [-0.39, 0.29) is 18.1 Å². The van der Waals surface area contributed by atoms with E-state index in [0.29, 0.717) is 6.10 Å². The maximum atomic E-state index is 12.2. The zero-order valence-electron chi connectivity index (χ0n) is 11.7. The van der Waals surface area contributed by atoms with E-state index in [1.165, 1.54) is 6.42 Å². The summed E-state index contributed by atoms with van der Waals surface area (Å²) in [5.74, 6) is 0.251. The minimum Gasteiger partial charge on any atom is -0.374 e. The molecule has 1 N–H and O–H groups in total. The molecule has 3 unspecified atom stereocenters. The molecule has 0 bridgehead atoms. The van der Waals surface area contributed by atoms with Gasteiger partial charge in [0.2, 0.25) is 5.91 Å². The van der Waals surface area contributed by atoms with Crippen LogP contribution in [0.15, 0.2) is 0 Å². The number of ether oxygens (including phenoxy) is 1. The highest BCUT2D eigenvalue weighted by atomic mass is 16.5. The van der Waals surface area contributed by atoms with E-state index in [4.69, 9.17) is 4.74 Å². The van der Waals surface area contributed by atoms with Crippen LogP contribution in [0, 0.1) is 0 Å². The molecule has 0 aliphatic carbocycles. The first kappa shape index (κ1) is 13.8. The third kappa shape index (κ3) is 3.69. The lowest BCUT2D eigenvalue weighted by Crippen LogP contribution is -2.48. The van der Waals surface area contributed by atoms with Gasteiger partial charge in [-0.3, -0.25) is 4.79 Å². The summed E-state index contributed by atoms with van der Waals surface area (Å²) in [5.41, 5.74) is 0. The summed E-state index contributed by atoms with van der Waals surface area (Å²) < 4.78 is 5.75. The molecule has 0 aromatic heterocycles. The fraction of sp³-hybridized carbons (Fsp3) is 0.929. The quantitative estimate of drug-likeness (QED) is 0.827. The topological polar surface area (TPSA) is 41.6 Å². The molecule has 2 rings (SSSR count). The molecular formula is C14H26N2O2. The van der Waals surface area contributed by atoms with Gasteiger partial charge in [-0.25, -0.2) is 0 Å². The van der Waals surface area contributed by atoms with Gasteiger partial charge in [0.25, 0.3) is 0 Å². The Labute approximate surface area is 110 Å². The Hall–Kier alpha value is -0.610. The van der Waals surface area contributed by atoms with Crippen LogP contribution in [0.3, 0.4) is 0 Å². The van der Waals surface area contributed by atoms with E-state index in [1.54, 1.807) is 0 Å². The highest BCUT2D eigenvalue weighted by Crippen LogP contribution is 2.18. The van der Waals surface area contributed by atoms with Crippen molar-refractivity contribution in [1.82, 2.24) is 10.2 Å². The Balaban J connectivity index is 1.70. The largest absolute Gasteiger partial charge is 0.374 e. The minimum absolute atomic E-state index is 0.0809. The first-order valence-corrected chi connectivity index (χ1v) is 7.34. The number of piperidine rings is 1. The number of nitrogens with zero attached hydrogens (tertiary/aromatic N) is 1. The van der Waals surface area contributed by atoms with Crippen molar-refractivity contribution in [3.63, 3.8) is 0 Å². The fourth-order valence-electron chi connectivity index (χ4n) is 2.82. The molecule has 0 radical (unpaired) electrons. The molecule has 0 aromatic carbocycles. The van der Waals surface area contributed by atoms with Crippen LogP contribution >= 0.6 is 0 Å². The van der Waals surface area contributed by atoms with Crippen LogP contribution in [0.25, 0.3) is 0 Å². The molecule has 2 aliphatic rings. The highest BCUT2D eigenvalue weighted by molar-refractivity contribution is 5.81. The number of hydrogen-bond donors (Lipinski definition) is 1. The van der Waals surface area contributed by atoms with Crippen molar-refractivity contribution in [2.24, 2.45) is 0 Å². The van der Waals surface area contributed by atoms with Crippen molar-refractivity contribution in [1.29, 1.82) is 0 Å². The van der Waals surface area contributed by atoms with Crippen molar-refractivity contribution in [3.05, 3.63) is 0 Å². The second-order valence-electron chi connectivity index (χ2n) is 5.66. The molecule has 2 heterocycles. The van der Waals surface area contributed by atoms with Gasteiger partial charge in [-0.2, -0.15) is 0 Å². The van der Waals surface area contributed by atoms with Gasteiger partial charge in [0.15, 0.2) is 0 Å². The first-order chi connectivity index (χ1) is 8.66. The van der Waals surface area contributed by atoms with E-state index in [2.05, 4.69) is 12.2 Å². The Morgan fingerprint density at radius 3 is 2.67 bits per heavy atom. The van der Waals surface area contributed by atoms with Crippen molar-refractivity contribution >= 4 is 5.91 Å². The summed E-state index contributed by atoms with van der Waals surface area (Å²) >= 11 is 0. The molecule has 0 aromatic rings. The Morgan fingerprint density at radius 2 is 2.06 bits per heavy atom. The van der Waals surface area contributed by atoms with Crippen LogP contribution < -0.4 is 5.32 Å². The first-order valence-electron chi connectivity index (χ1n) is 7.34. The normalized spacial score (nSPS) is 30.4. The summed E-state index contributed by atoms with van der Waals surface area (Å²) in [5, 5.41) is 3.33. The lowest BCUT2D eigenvalue weighted by Gasteiger charge is -2.29. The van der Waals surface area contributed by atoms with Crippen LogP contribution in [0.2, 0.25) is 0 Å². The lowest BCUT2D eigenvalue weighted by molar-refractivity contribution is -0.134. The smallest absolute Gasteiger partial charge is 0.239 e. The lowest BCUT2D eigenvalue weighted by atomic mass is 10.1. The van der Waals surface area contributed by atoms with E-state index in [9.17, 15) is 4.79 Å². The van der Waals surface area contributed by atoms with Gasteiger partial charge < -0.3 is 15.0 Å². The molecule has 2 fully saturated rings. The molecule has 0 spiro atoms. The average Bonchev–Trinajstić information content (AvgIpc) is 2.82. The maximum absolute atomic E-state index is 12.2. The van der Waals surface area contributed by atoms with E-state index in [0.717, 1.165) is 45.3 Å². The third-order valence-electron chi connectivity index (χ3n) is 4.01. The van der Waals surface area contributed by atoms with E-state index in [1.807, 2.05) is 11.8 Å². The minimum atomic E-state index is -0.0809. The van der Waals surface area contributed by atoms with Gasteiger partial charge >= 0.3 is 0 Å². The summed E-state index contributed by atoms with van der Waals surface area (Å²) in [6, 6.07) is -0.0809. The standard InChI is InChI=1S/C14H26N2O2/c1-11-6-7-13(18-11)10-15-12(2)14(17)16-8-4-3-5-9-16/h11-13,15H,3-10H2,1-2H3. The van der Waals surface area contributed by atoms with Crippen LogP contribution in [-0.2, 0) is 9.53 Å². The molecule has 1 amide bonds. The molecular weight excluding hydrogens is 228 g/mol. The number of rotatable bonds is 4. The van der Waals surface area contributed by atoms with Crippen LogP contribution in [0.5, 0.6) is 0 Å². The monoisotopic (exact) mass is 254 g/mol. The zero-order valence-corrected chi connectivity index (χ0v) is 11.7. The van der Waals surface area contributed by atoms with Crippen LogP contribution in [0.1, 0.15) is 46.0 Å². The molecule has 18 heavy (non-hydrogen) atoms. The zero-order chi connectivity index (χ0) is 13.0. The van der Waals surface area contributed by atoms with Gasteiger partial charge in [0, 0.05) is 19.6 Å². The van der Waals surface area contributed by atoms with E-state index < -0.39 is 0 Å². The number of nitrogens with one attached hydrogen (secondary N) is 1. The van der Waals surface area contributed by atoms with Crippen molar-refractivity contribution in [3.8, 4) is 0 Å². The van der Waals surface area contributed by atoms with Crippen molar-refractivity contribution in [2.75, 3.05) is 19.6 Å².